The SMILES string of the molecule is C1CCCC1.CNc1ccc(-c2nc(-c3ccc(OC(C)C)c(Cl)c3)no2)cc1.O=CO. The Morgan fingerprint density at radius 3 is 2.12 bits per heavy atom. The van der Waals surface area contributed by atoms with Gasteiger partial charge in [0, 0.05) is 23.9 Å². The molecule has 1 aromatic heterocycles. The second kappa shape index (κ2) is 13.4. The number of benzene rings is 2. The van der Waals surface area contributed by atoms with Crippen LogP contribution < -0.4 is 10.1 Å². The number of rotatable bonds is 5. The molecule has 8 heteroatoms. The molecule has 0 radical (unpaired) electrons. The summed E-state index contributed by atoms with van der Waals surface area (Å²) in [5.41, 5.74) is 2.66. The van der Waals surface area contributed by atoms with E-state index < -0.39 is 0 Å². The predicted molar refractivity (Wildman–Crippen MR) is 127 cm³/mol. The van der Waals surface area contributed by atoms with Crippen LogP contribution in [0.15, 0.2) is 47.0 Å². The molecular weight excluding hydrogens is 430 g/mol. The summed E-state index contributed by atoms with van der Waals surface area (Å²) >= 11 is 6.26. The van der Waals surface area contributed by atoms with Crippen LogP contribution in [0.5, 0.6) is 5.75 Å². The van der Waals surface area contributed by atoms with Crippen LogP contribution in [-0.2, 0) is 4.79 Å². The highest BCUT2D eigenvalue weighted by atomic mass is 35.5. The first kappa shape index (κ1) is 25.2. The van der Waals surface area contributed by atoms with E-state index in [4.69, 9.17) is 30.8 Å². The second-order valence-corrected chi connectivity index (χ2v) is 7.84. The van der Waals surface area contributed by atoms with Crippen molar-refractivity contribution in [2.45, 2.75) is 52.1 Å². The van der Waals surface area contributed by atoms with Gasteiger partial charge in [-0.25, -0.2) is 0 Å². The van der Waals surface area contributed by atoms with Crippen LogP contribution in [-0.4, -0.2) is 34.9 Å². The zero-order valence-electron chi connectivity index (χ0n) is 18.7. The summed E-state index contributed by atoms with van der Waals surface area (Å²) in [6.07, 6.45) is 7.56. The van der Waals surface area contributed by atoms with Crippen LogP contribution in [0.1, 0.15) is 46.0 Å². The Bertz CT molecular complexity index is 947. The number of ether oxygens (including phenoxy) is 1. The number of carbonyl (C=O) groups is 1. The van der Waals surface area contributed by atoms with Gasteiger partial charge in [-0.2, -0.15) is 4.98 Å². The van der Waals surface area contributed by atoms with E-state index in [1.165, 1.54) is 32.1 Å². The Morgan fingerprint density at radius 2 is 1.62 bits per heavy atom. The Hall–Kier alpha value is -3.06. The van der Waals surface area contributed by atoms with Crippen molar-refractivity contribution in [2.24, 2.45) is 0 Å². The minimum atomic E-state index is -0.250. The van der Waals surface area contributed by atoms with Gasteiger partial charge in [-0.15, -0.1) is 0 Å². The van der Waals surface area contributed by atoms with Gasteiger partial charge in [0.05, 0.1) is 11.1 Å². The van der Waals surface area contributed by atoms with E-state index in [1.54, 1.807) is 6.07 Å². The molecule has 3 aromatic rings. The van der Waals surface area contributed by atoms with Crippen molar-refractivity contribution in [2.75, 3.05) is 12.4 Å². The second-order valence-electron chi connectivity index (χ2n) is 7.44. The fraction of sp³-hybridized carbons (Fsp3) is 0.375. The third-order valence-corrected chi connectivity index (χ3v) is 4.94. The summed E-state index contributed by atoms with van der Waals surface area (Å²) in [6, 6.07) is 13.2. The highest BCUT2D eigenvalue weighted by Crippen LogP contribution is 2.31. The molecule has 0 amide bonds. The summed E-state index contributed by atoms with van der Waals surface area (Å²) in [5, 5.41) is 14.5. The van der Waals surface area contributed by atoms with Crippen LogP contribution in [0.4, 0.5) is 5.69 Å². The molecular formula is C24H30ClN3O4. The minimum Gasteiger partial charge on any atom is -0.489 e. The number of halogens is 1. The standard InChI is InChI=1S/C18H18ClN3O2.C5H10.CH2O2/c1-11(2)23-16-9-6-13(10-15(16)19)17-21-18(24-22-17)12-4-7-14(20-3)8-5-12;1-2-4-5-3-1;2-1-3/h4-11,20H,1-3H3;1-5H2;1H,(H,2,3). The van der Waals surface area contributed by atoms with Crippen molar-refractivity contribution in [3.05, 3.63) is 47.5 Å². The van der Waals surface area contributed by atoms with E-state index in [-0.39, 0.29) is 12.6 Å². The first-order valence-corrected chi connectivity index (χ1v) is 11.0. The van der Waals surface area contributed by atoms with E-state index in [9.17, 15) is 0 Å². The number of hydrogen-bond donors (Lipinski definition) is 2. The first-order valence-electron chi connectivity index (χ1n) is 10.6. The molecule has 0 spiro atoms. The van der Waals surface area contributed by atoms with Crippen LogP contribution in [0.25, 0.3) is 22.8 Å². The maximum Gasteiger partial charge on any atom is 0.290 e. The Labute approximate surface area is 193 Å². The molecule has 0 saturated heterocycles. The monoisotopic (exact) mass is 459 g/mol. The molecule has 1 aliphatic carbocycles. The first-order chi connectivity index (χ1) is 15.5. The van der Waals surface area contributed by atoms with E-state index in [1.807, 2.05) is 57.3 Å². The topological polar surface area (TPSA) is 97.5 Å². The molecule has 1 fully saturated rings. The van der Waals surface area contributed by atoms with Crippen molar-refractivity contribution in [1.29, 1.82) is 0 Å². The predicted octanol–water partition coefficient (Wildman–Crippen LogP) is 6.54. The van der Waals surface area contributed by atoms with Gasteiger partial charge in [0.2, 0.25) is 5.82 Å². The average Bonchev–Trinajstić information content (AvgIpc) is 3.51. The van der Waals surface area contributed by atoms with Crippen molar-refractivity contribution < 1.29 is 19.2 Å². The highest BCUT2D eigenvalue weighted by molar-refractivity contribution is 6.32. The maximum absolute atomic E-state index is 8.36. The number of anilines is 1. The lowest BCUT2D eigenvalue weighted by Gasteiger charge is -2.11. The van der Waals surface area contributed by atoms with E-state index >= 15 is 0 Å². The Morgan fingerprint density at radius 1 is 1.06 bits per heavy atom. The lowest BCUT2D eigenvalue weighted by molar-refractivity contribution is -0.122. The number of hydrogen-bond acceptors (Lipinski definition) is 6. The van der Waals surface area contributed by atoms with Gasteiger partial charge in [-0.05, 0) is 56.3 Å². The number of aromatic nitrogens is 2. The molecule has 172 valence electrons. The van der Waals surface area contributed by atoms with Gasteiger partial charge in [-0.3, -0.25) is 4.79 Å². The van der Waals surface area contributed by atoms with E-state index in [0.717, 1.165) is 16.8 Å². The molecule has 7 nitrogen and oxygen atoms in total. The van der Waals surface area contributed by atoms with Gasteiger partial charge < -0.3 is 19.7 Å². The lowest BCUT2D eigenvalue weighted by Crippen LogP contribution is -2.05. The summed E-state index contributed by atoms with van der Waals surface area (Å²) in [4.78, 5) is 12.8. The van der Waals surface area contributed by atoms with E-state index in [0.29, 0.717) is 22.5 Å². The molecule has 32 heavy (non-hydrogen) atoms. The molecule has 2 aromatic carbocycles. The van der Waals surface area contributed by atoms with Crippen molar-refractivity contribution >= 4 is 23.8 Å². The Balaban J connectivity index is 0.000000385. The molecule has 0 unspecified atom stereocenters. The number of nitrogens with one attached hydrogen (secondary N) is 1. The summed E-state index contributed by atoms with van der Waals surface area (Å²) in [6.45, 7) is 3.66. The van der Waals surface area contributed by atoms with Crippen LogP contribution >= 0.6 is 11.6 Å². The van der Waals surface area contributed by atoms with Gasteiger partial charge in [0.25, 0.3) is 12.4 Å². The highest BCUT2D eigenvalue weighted by Gasteiger charge is 2.13. The average molecular weight is 460 g/mol. The van der Waals surface area contributed by atoms with Crippen LogP contribution in [0.3, 0.4) is 0 Å². The van der Waals surface area contributed by atoms with Gasteiger partial charge in [0.1, 0.15) is 5.75 Å². The minimum absolute atomic E-state index is 0.0608. The molecule has 2 N–H and O–H groups in total. The molecule has 0 atom stereocenters. The smallest absolute Gasteiger partial charge is 0.290 e. The van der Waals surface area contributed by atoms with Gasteiger partial charge in [-0.1, -0.05) is 48.9 Å². The zero-order chi connectivity index (χ0) is 23.3. The number of nitrogens with zero attached hydrogens (tertiary/aromatic N) is 2. The summed E-state index contributed by atoms with van der Waals surface area (Å²) in [5.74, 6) is 1.59. The third-order valence-electron chi connectivity index (χ3n) is 4.65. The molecule has 1 heterocycles. The van der Waals surface area contributed by atoms with Crippen LogP contribution in [0, 0.1) is 0 Å². The summed E-state index contributed by atoms with van der Waals surface area (Å²) in [7, 11) is 1.87. The molecule has 0 aliphatic heterocycles. The fourth-order valence-electron chi connectivity index (χ4n) is 3.11. The lowest BCUT2D eigenvalue weighted by atomic mass is 10.2. The molecule has 4 rings (SSSR count). The van der Waals surface area contributed by atoms with Gasteiger partial charge >= 0.3 is 0 Å². The number of carboxylic acid groups (broad SMARTS) is 1. The van der Waals surface area contributed by atoms with Gasteiger partial charge in [0.15, 0.2) is 0 Å². The zero-order valence-corrected chi connectivity index (χ0v) is 19.4. The molecule has 0 bridgehead atoms. The van der Waals surface area contributed by atoms with Crippen molar-refractivity contribution in [1.82, 2.24) is 10.1 Å². The van der Waals surface area contributed by atoms with E-state index in [2.05, 4.69) is 15.5 Å². The van der Waals surface area contributed by atoms with Crippen molar-refractivity contribution in [3.8, 4) is 28.6 Å². The largest absolute Gasteiger partial charge is 0.489 e. The quantitative estimate of drug-likeness (QED) is 0.418. The van der Waals surface area contributed by atoms with Crippen LogP contribution in [0.2, 0.25) is 5.02 Å². The summed E-state index contributed by atoms with van der Waals surface area (Å²) < 4.78 is 11.0. The third kappa shape index (κ3) is 7.89. The normalized spacial score (nSPS) is 12.3. The Kier molecular flexibility index (Phi) is 10.5. The fourth-order valence-corrected chi connectivity index (χ4v) is 3.34. The molecule has 1 saturated carbocycles. The van der Waals surface area contributed by atoms with Crippen molar-refractivity contribution in [3.63, 3.8) is 0 Å². The maximum atomic E-state index is 8.36. The molecule has 1 aliphatic rings.